The van der Waals surface area contributed by atoms with Crippen LogP contribution in [-0.2, 0) is 11.2 Å². The van der Waals surface area contributed by atoms with Gasteiger partial charge in [-0.25, -0.2) is 4.79 Å². The molecule has 0 saturated carbocycles. The molecule has 2 aromatic rings. The number of hydrogen-bond acceptors (Lipinski definition) is 4. The second kappa shape index (κ2) is 6.81. The molecule has 0 saturated heterocycles. The summed E-state index contributed by atoms with van der Waals surface area (Å²) < 4.78 is 5.36. The van der Waals surface area contributed by atoms with Crippen LogP contribution in [0.1, 0.15) is 34.8 Å². The lowest BCUT2D eigenvalue weighted by Gasteiger charge is -2.18. The highest BCUT2D eigenvalue weighted by Gasteiger charge is 2.22. The number of carboxylic acid groups (broad SMARTS) is 1. The average Bonchev–Trinajstić information content (AvgIpc) is 2.57. The summed E-state index contributed by atoms with van der Waals surface area (Å²) in [5, 5.41) is 18.5. The number of carbonyl (C=O) groups is 2. The number of carboxylic acids is 1. The van der Waals surface area contributed by atoms with Gasteiger partial charge in [0.1, 0.15) is 11.5 Å². The first-order valence-electron chi connectivity index (χ1n) is 8.01. The Balaban J connectivity index is 1.85. The minimum atomic E-state index is -1.04. The topological polar surface area (TPSA) is 83.8 Å². The molecule has 0 aromatic heterocycles. The molecule has 1 aliphatic rings. The fraction of sp³-hybridized carbons (Fsp3) is 0.200. The SMILES string of the molecule is C[C@@H](Oc1cccc(/C=C2\CCc3cc(O)ccc3C2=O)c1)C(=O)O. The van der Waals surface area contributed by atoms with Crippen LogP contribution in [0.15, 0.2) is 48.0 Å². The van der Waals surface area contributed by atoms with Crippen molar-refractivity contribution in [2.45, 2.75) is 25.9 Å². The summed E-state index contributed by atoms with van der Waals surface area (Å²) in [6, 6.07) is 11.8. The van der Waals surface area contributed by atoms with Gasteiger partial charge in [-0.15, -0.1) is 0 Å². The monoisotopic (exact) mass is 338 g/mol. The van der Waals surface area contributed by atoms with E-state index in [0.29, 0.717) is 29.7 Å². The fourth-order valence-electron chi connectivity index (χ4n) is 2.84. The Bertz CT molecular complexity index is 866. The molecule has 0 fully saturated rings. The quantitative estimate of drug-likeness (QED) is 0.834. The number of fused-ring (bicyclic) bond motifs is 1. The van der Waals surface area contributed by atoms with Crippen LogP contribution in [0, 0.1) is 0 Å². The van der Waals surface area contributed by atoms with Crippen molar-refractivity contribution >= 4 is 17.8 Å². The smallest absolute Gasteiger partial charge is 0.344 e. The third-order valence-corrected chi connectivity index (χ3v) is 4.15. The lowest BCUT2D eigenvalue weighted by atomic mass is 9.86. The molecule has 128 valence electrons. The number of carbonyl (C=O) groups excluding carboxylic acids is 1. The predicted octanol–water partition coefficient (Wildman–Crippen LogP) is 3.46. The van der Waals surface area contributed by atoms with E-state index < -0.39 is 12.1 Å². The first-order valence-corrected chi connectivity index (χ1v) is 8.01. The first-order chi connectivity index (χ1) is 11.9. The van der Waals surface area contributed by atoms with Crippen molar-refractivity contribution < 1.29 is 24.5 Å². The molecule has 5 nitrogen and oxygen atoms in total. The molecule has 0 bridgehead atoms. The number of phenolic OH excluding ortho intramolecular Hbond substituents is 1. The number of benzene rings is 2. The van der Waals surface area contributed by atoms with Crippen molar-refractivity contribution in [1.29, 1.82) is 0 Å². The van der Waals surface area contributed by atoms with Crippen molar-refractivity contribution in [3.63, 3.8) is 0 Å². The minimum Gasteiger partial charge on any atom is -0.508 e. The Kier molecular flexibility index (Phi) is 4.57. The standard InChI is InChI=1S/C20H18O5/c1-12(20(23)24)25-17-4-2-3-13(10-17)9-15-6-5-14-11-16(21)7-8-18(14)19(15)22/h2-4,7-12,21H,5-6H2,1H3,(H,23,24)/b15-9+/t12-/m1/s1. The van der Waals surface area contributed by atoms with E-state index in [1.807, 2.05) is 6.07 Å². The Labute approximate surface area is 145 Å². The van der Waals surface area contributed by atoms with E-state index in [9.17, 15) is 14.7 Å². The van der Waals surface area contributed by atoms with Gasteiger partial charge in [0.15, 0.2) is 11.9 Å². The summed E-state index contributed by atoms with van der Waals surface area (Å²) in [5.41, 5.74) is 2.93. The van der Waals surface area contributed by atoms with Crippen molar-refractivity contribution in [2.24, 2.45) is 0 Å². The Morgan fingerprint density at radius 1 is 1.20 bits per heavy atom. The maximum Gasteiger partial charge on any atom is 0.344 e. The minimum absolute atomic E-state index is 0.0496. The molecular formula is C20H18O5. The van der Waals surface area contributed by atoms with Crippen LogP contribution in [0.4, 0.5) is 0 Å². The molecule has 2 N–H and O–H groups in total. The highest BCUT2D eigenvalue weighted by molar-refractivity contribution is 6.13. The molecule has 0 aliphatic heterocycles. The molecule has 2 aromatic carbocycles. The maximum atomic E-state index is 12.6. The Hall–Kier alpha value is -3.08. The lowest BCUT2D eigenvalue weighted by Crippen LogP contribution is -2.22. The average molecular weight is 338 g/mol. The second-order valence-corrected chi connectivity index (χ2v) is 6.01. The number of ether oxygens (including phenoxy) is 1. The number of Topliss-reactive ketones (excluding diaryl/α,β-unsaturated/α-hetero) is 1. The zero-order valence-electron chi connectivity index (χ0n) is 13.7. The number of allylic oxidation sites excluding steroid dienone is 1. The van der Waals surface area contributed by atoms with Crippen molar-refractivity contribution in [1.82, 2.24) is 0 Å². The van der Waals surface area contributed by atoms with Gasteiger partial charge in [0.25, 0.3) is 0 Å². The summed E-state index contributed by atoms with van der Waals surface area (Å²) in [6.45, 7) is 1.46. The van der Waals surface area contributed by atoms with Gasteiger partial charge < -0.3 is 14.9 Å². The van der Waals surface area contributed by atoms with Gasteiger partial charge >= 0.3 is 5.97 Å². The number of ketones is 1. The van der Waals surface area contributed by atoms with Gasteiger partial charge in [0.2, 0.25) is 0 Å². The van der Waals surface area contributed by atoms with Crippen LogP contribution in [0.3, 0.4) is 0 Å². The lowest BCUT2D eigenvalue weighted by molar-refractivity contribution is -0.144. The van der Waals surface area contributed by atoms with Crippen LogP contribution in [-0.4, -0.2) is 28.1 Å². The van der Waals surface area contributed by atoms with Crippen LogP contribution >= 0.6 is 0 Å². The van der Waals surface area contributed by atoms with Gasteiger partial charge in [-0.2, -0.15) is 0 Å². The molecule has 0 heterocycles. The summed E-state index contributed by atoms with van der Waals surface area (Å²) in [7, 11) is 0. The third kappa shape index (κ3) is 3.71. The number of phenols is 1. The molecule has 5 heteroatoms. The molecule has 3 rings (SSSR count). The summed E-state index contributed by atoms with van der Waals surface area (Å²) >= 11 is 0. The zero-order valence-corrected chi connectivity index (χ0v) is 13.7. The van der Waals surface area contributed by atoms with E-state index >= 15 is 0 Å². The van der Waals surface area contributed by atoms with Crippen molar-refractivity contribution in [3.05, 3.63) is 64.7 Å². The summed E-state index contributed by atoms with van der Waals surface area (Å²) in [6.07, 6.45) is 2.13. The Morgan fingerprint density at radius 3 is 2.76 bits per heavy atom. The van der Waals surface area contributed by atoms with E-state index in [2.05, 4.69) is 0 Å². The van der Waals surface area contributed by atoms with E-state index in [0.717, 1.165) is 11.1 Å². The molecule has 0 unspecified atom stereocenters. The van der Waals surface area contributed by atoms with E-state index in [1.54, 1.807) is 36.4 Å². The fourth-order valence-corrected chi connectivity index (χ4v) is 2.84. The van der Waals surface area contributed by atoms with Gasteiger partial charge in [-0.3, -0.25) is 4.79 Å². The third-order valence-electron chi connectivity index (χ3n) is 4.15. The molecule has 25 heavy (non-hydrogen) atoms. The number of aromatic hydroxyl groups is 1. The zero-order chi connectivity index (χ0) is 18.0. The molecule has 1 atom stereocenters. The number of rotatable bonds is 4. The molecule has 0 amide bonds. The molecule has 1 aliphatic carbocycles. The molecular weight excluding hydrogens is 320 g/mol. The van der Waals surface area contributed by atoms with Crippen molar-refractivity contribution in [2.75, 3.05) is 0 Å². The van der Waals surface area contributed by atoms with E-state index in [4.69, 9.17) is 9.84 Å². The molecule has 0 spiro atoms. The van der Waals surface area contributed by atoms with Crippen molar-refractivity contribution in [3.8, 4) is 11.5 Å². The van der Waals surface area contributed by atoms with Crippen LogP contribution in [0.5, 0.6) is 11.5 Å². The highest BCUT2D eigenvalue weighted by atomic mass is 16.5. The Morgan fingerprint density at radius 2 is 2.00 bits per heavy atom. The normalized spacial score (nSPS) is 16.4. The largest absolute Gasteiger partial charge is 0.508 e. The first kappa shape index (κ1) is 16.8. The van der Waals surface area contributed by atoms with Crippen LogP contribution < -0.4 is 4.74 Å². The van der Waals surface area contributed by atoms with Crippen LogP contribution in [0.2, 0.25) is 0 Å². The number of aliphatic carboxylic acids is 1. The summed E-state index contributed by atoms with van der Waals surface area (Å²) in [4.78, 5) is 23.5. The van der Waals surface area contributed by atoms with Gasteiger partial charge in [0, 0.05) is 11.1 Å². The number of aryl methyl sites for hydroxylation is 1. The van der Waals surface area contributed by atoms with E-state index in [1.165, 1.54) is 13.0 Å². The molecule has 0 radical (unpaired) electrons. The maximum absolute atomic E-state index is 12.6. The predicted molar refractivity (Wildman–Crippen MR) is 92.9 cm³/mol. The van der Waals surface area contributed by atoms with Gasteiger partial charge in [-0.1, -0.05) is 12.1 Å². The van der Waals surface area contributed by atoms with Crippen LogP contribution in [0.25, 0.3) is 6.08 Å². The van der Waals surface area contributed by atoms with Gasteiger partial charge in [0.05, 0.1) is 0 Å². The number of hydrogen-bond donors (Lipinski definition) is 2. The van der Waals surface area contributed by atoms with Gasteiger partial charge in [-0.05, 0) is 67.3 Å². The summed E-state index contributed by atoms with van der Waals surface area (Å²) in [5.74, 6) is -0.480. The van der Waals surface area contributed by atoms with E-state index in [-0.39, 0.29) is 11.5 Å². The highest BCUT2D eigenvalue weighted by Crippen LogP contribution is 2.29. The second-order valence-electron chi connectivity index (χ2n) is 6.01.